The zero-order valence-corrected chi connectivity index (χ0v) is 16.6. The van der Waals surface area contributed by atoms with Crippen molar-refractivity contribution >= 4 is 11.6 Å². The molecule has 0 radical (unpaired) electrons. The summed E-state index contributed by atoms with van der Waals surface area (Å²) in [5.74, 6) is 0. The van der Waals surface area contributed by atoms with Crippen molar-refractivity contribution < 1.29 is 36.6 Å². The summed E-state index contributed by atoms with van der Waals surface area (Å²) in [5.41, 5.74) is -0.566. The van der Waals surface area contributed by atoms with Crippen molar-refractivity contribution in [2.45, 2.75) is 25.3 Å². The van der Waals surface area contributed by atoms with Crippen LogP contribution in [0, 0.1) is 10.1 Å². The molecule has 0 saturated carbocycles. The van der Waals surface area contributed by atoms with Crippen LogP contribution in [0.15, 0.2) is 55.2 Å². The van der Waals surface area contributed by atoms with E-state index in [9.17, 15) is 26.3 Å². The van der Waals surface area contributed by atoms with Gasteiger partial charge in [0.15, 0.2) is 0 Å². The van der Waals surface area contributed by atoms with Gasteiger partial charge in [0.1, 0.15) is 12.7 Å². The minimum absolute atomic E-state index is 0.237. The maximum absolute atomic E-state index is 12.8. The second kappa shape index (κ2) is 10.1. The molecule has 0 spiro atoms. The van der Waals surface area contributed by atoms with Crippen molar-refractivity contribution in [1.82, 2.24) is 19.7 Å². The Hall–Kier alpha value is -3.97. The van der Waals surface area contributed by atoms with Crippen LogP contribution >= 0.6 is 0 Å². The molecule has 3 aromatic rings. The highest BCUT2D eigenvalue weighted by atomic mass is 19.4. The molecule has 1 aromatic carbocycles. The molecule has 8 nitrogen and oxygen atoms in total. The third-order valence-electron chi connectivity index (χ3n) is 4.23. The quantitative estimate of drug-likeness (QED) is 0.317. The van der Waals surface area contributed by atoms with Gasteiger partial charge in [-0.2, -0.15) is 31.4 Å². The van der Waals surface area contributed by atoms with Crippen molar-refractivity contribution in [1.29, 1.82) is 0 Å². The Labute approximate surface area is 181 Å². The molecule has 0 bridgehead atoms. The molecule has 0 fully saturated rings. The first-order valence-corrected chi connectivity index (χ1v) is 8.89. The van der Waals surface area contributed by atoms with Crippen molar-refractivity contribution in [2.75, 3.05) is 0 Å². The van der Waals surface area contributed by atoms with Crippen molar-refractivity contribution in [2.24, 2.45) is 0 Å². The summed E-state index contributed by atoms with van der Waals surface area (Å²) in [6.45, 7) is 1.73. The number of nitrogens with zero attached hydrogens (tertiary/aromatic N) is 5. The Kier molecular flexibility index (Phi) is 7.74. The Morgan fingerprint density at radius 1 is 1.06 bits per heavy atom. The van der Waals surface area contributed by atoms with E-state index >= 15 is 0 Å². The van der Waals surface area contributed by atoms with Crippen LogP contribution in [0.3, 0.4) is 0 Å². The Morgan fingerprint density at radius 2 is 1.61 bits per heavy atom. The van der Waals surface area contributed by atoms with E-state index in [2.05, 4.69) is 15.1 Å². The predicted molar refractivity (Wildman–Crippen MR) is 102 cm³/mol. The fraction of sp³-hybridized carbons (Fsp3) is 0.211. The van der Waals surface area contributed by atoms with Gasteiger partial charge in [-0.1, -0.05) is 12.1 Å². The van der Waals surface area contributed by atoms with Gasteiger partial charge in [0.2, 0.25) is 0 Å². The highest BCUT2D eigenvalue weighted by molar-refractivity contribution is 5.81. The third-order valence-corrected chi connectivity index (χ3v) is 4.23. The molecule has 1 N–H and O–H groups in total. The summed E-state index contributed by atoms with van der Waals surface area (Å²) in [6.07, 6.45) is -4.00. The van der Waals surface area contributed by atoms with Gasteiger partial charge in [-0.3, -0.25) is 4.98 Å². The van der Waals surface area contributed by atoms with Crippen molar-refractivity contribution in [3.8, 4) is 0 Å². The maximum atomic E-state index is 12.8. The van der Waals surface area contributed by atoms with Crippen LogP contribution in [0.1, 0.15) is 35.3 Å². The lowest BCUT2D eigenvalue weighted by molar-refractivity contribution is -0.742. The normalized spacial score (nSPS) is 13.1. The summed E-state index contributed by atoms with van der Waals surface area (Å²) in [6, 6.07) is 6.06. The molecule has 0 saturated heterocycles. The van der Waals surface area contributed by atoms with E-state index in [1.807, 2.05) is 0 Å². The van der Waals surface area contributed by atoms with Gasteiger partial charge >= 0.3 is 12.4 Å². The number of rotatable bonds is 4. The second-order valence-electron chi connectivity index (χ2n) is 6.44. The third kappa shape index (κ3) is 7.29. The number of benzene rings is 1. The summed E-state index contributed by atoms with van der Waals surface area (Å²) in [4.78, 5) is 16.1. The first-order chi connectivity index (χ1) is 15.3. The van der Waals surface area contributed by atoms with Crippen LogP contribution in [0.2, 0.25) is 0 Å². The zero-order valence-electron chi connectivity index (χ0n) is 16.6. The van der Waals surface area contributed by atoms with Crippen molar-refractivity contribution in [3.05, 3.63) is 87.7 Å². The van der Waals surface area contributed by atoms with E-state index in [4.69, 9.17) is 15.3 Å². The van der Waals surface area contributed by atoms with Crippen LogP contribution < -0.4 is 0 Å². The first kappa shape index (κ1) is 25.3. The zero-order chi connectivity index (χ0) is 24.8. The molecule has 33 heavy (non-hydrogen) atoms. The average Bonchev–Trinajstić information content (AvgIpc) is 3.25. The van der Waals surface area contributed by atoms with Crippen LogP contribution in [-0.2, 0) is 12.4 Å². The highest BCUT2D eigenvalue weighted by Crippen LogP contribution is 2.33. The van der Waals surface area contributed by atoms with Gasteiger partial charge in [-0.25, -0.2) is 9.67 Å². The predicted octanol–water partition coefficient (Wildman–Crippen LogP) is 5.16. The lowest BCUT2D eigenvalue weighted by Gasteiger charge is -2.17. The number of hydrogen-bond acceptors (Lipinski definition) is 5. The Bertz CT molecular complexity index is 1080. The Morgan fingerprint density at radius 3 is 2.03 bits per heavy atom. The maximum Gasteiger partial charge on any atom is 0.417 e. The number of halogens is 6. The van der Waals surface area contributed by atoms with Gasteiger partial charge in [0.05, 0.1) is 22.9 Å². The summed E-state index contributed by atoms with van der Waals surface area (Å²) < 4.78 is 78.2. The van der Waals surface area contributed by atoms with Crippen LogP contribution in [0.25, 0.3) is 11.6 Å². The summed E-state index contributed by atoms with van der Waals surface area (Å²) in [5, 5.41) is 17.7. The lowest BCUT2D eigenvalue weighted by atomic mass is 10.00. The van der Waals surface area contributed by atoms with E-state index in [0.29, 0.717) is 17.3 Å². The van der Waals surface area contributed by atoms with Crippen LogP contribution in [-0.4, -0.2) is 30.0 Å². The topological polar surface area (TPSA) is 107 Å². The fourth-order valence-corrected chi connectivity index (χ4v) is 2.65. The number of hydrogen-bond donors (Lipinski definition) is 1. The van der Waals surface area contributed by atoms with E-state index in [1.54, 1.807) is 13.0 Å². The lowest BCUT2D eigenvalue weighted by Crippen LogP contribution is -2.10. The average molecular weight is 475 g/mol. The molecule has 1 unspecified atom stereocenters. The van der Waals surface area contributed by atoms with E-state index in [1.165, 1.54) is 35.5 Å². The molecule has 2 heterocycles. The molecule has 1 atom stereocenters. The van der Waals surface area contributed by atoms with Gasteiger partial charge in [-0.05, 0) is 42.8 Å². The molecule has 176 valence electrons. The van der Waals surface area contributed by atoms with E-state index < -0.39 is 34.6 Å². The molecule has 0 aliphatic carbocycles. The van der Waals surface area contributed by atoms with Gasteiger partial charge < -0.3 is 5.21 Å². The van der Waals surface area contributed by atoms with Gasteiger partial charge in [-0.15, -0.1) is 10.1 Å². The standard InChI is InChI=1S/C19H14F6N4.HNO3/c1-12(29-11-26-10-28-29)16(17-7-6-15(9-27-17)19(23,24)25)8-13-2-4-14(5-3-13)18(20,21)22;2-1(3)4/h2-12H,1H3;(H,2,3,4). The molecule has 14 heteroatoms. The van der Waals surface area contributed by atoms with Gasteiger partial charge in [0.25, 0.3) is 5.09 Å². The smallest absolute Gasteiger partial charge is 0.328 e. The van der Waals surface area contributed by atoms with Crippen LogP contribution in [0.4, 0.5) is 26.3 Å². The largest absolute Gasteiger partial charge is 0.417 e. The summed E-state index contributed by atoms with van der Waals surface area (Å²) >= 11 is 0. The molecule has 0 aliphatic heterocycles. The SMILES string of the molecule is CC(C(=Cc1ccc(C(F)(F)F)cc1)c1ccc(C(F)(F)F)cn1)n1cncn1.O=[N+]([O-])O. The molecular weight excluding hydrogens is 460 g/mol. The number of aromatic nitrogens is 4. The molecule has 0 aliphatic rings. The Balaban J connectivity index is 0.000000890. The minimum atomic E-state index is -4.53. The fourth-order valence-electron chi connectivity index (χ4n) is 2.65. The minimum Gasteiger partial charge on any atom is -0.328 e. The molecular formula is C19H15F6N5O3. The highest BCUT2D eigenvalue weighted by Gasteiger charge is 2.31. The first-order valence-electron chi connectivity index (χ1n) is 8.89. The molecule has 3 rings (SSSR count). The van der Waals surface area contributed by atoms with Crippen LogP contribution in [0.5, 0.6) is 0 Å². The molecule has 0 amide bonds. The number of pyridine rings is 1. The van der Waals surface area contributed by atoms with E-state index in [-0.39, 0.29) is 5.69 Å². The van der Waals surface area contributed by atoms with Crippen molar-refractivity contribution in [3.63, 3.8) is 0 Å². The second-order valence-corrected chi connectivity index (χ2v) is 6.44. The number of alkyl halides is 6. The van der Waals surface area contributed by atoms with E-state index in [0.717, 1.165) is 18.2 Å². The summed E-state index contributed by atoms with van der Waals surface area (Å²) in [7, 11) is 0. The molecule has 2 aromatic heterocycles. The van der Waals surface area contributed by atoms with Gasteiger partial charge in [0, 0.05) is 11.8 Å². The monoisotopic (exact) mass is 475 g/mol. The number of allylic oxidation sites excluding steroid dienone is 1.